The second kappa shape index (κ2) is 7.20. The zero-order chi connectivity index (χ0) is 16.2. The van der Waals surface area contributed by atoms with E-state index in [1.54, 1.807) is 0 Å². The van der Waals surface area contributed by atoms with Crippen molar-refractivity contribution < 1.29 is 14.0 Å². The van der Waals surface area contributed by atoms with E-state index in [1.165, 1.54) is 0 Å². The average molecular weight is 318 g/mol. The second-order valence-corrected chi connectivity index (χ2v) is 6.60. The van der Waals surface area contributed by atoms with E-state index >= 15 is 0 Å². The minimum Gasteiger partial charge on any atom is -0.464 e. The molecule has 1 aliphatic carbocycles. The molecule has 1 atom stereocenters. The predicted molar refractivity (Wildman–Crippen MR) is 86.7 cm³/mol. The van der Waals surface area contributed by atoms with Crippen LogP contribution >= 0.6 is 0 Å². The van der Waals surface area contributed by atoms with E-state index in [9.17, 15) is 9.59 Å². The molecular formula is C18H26N2O3. The maximum Gasteiger partial charge on any atom is 0.242 e. The molecule has 1 aromatic heterocycles. The van der Waals surface area contributed by atoms with Crippen molar-refractivity contribution in [2.24, 2.45) is 5.92 Å². The summed E-state index contributed by atoms with van der Waals surface area (Å²) >= 11 is 0. The summed E-state index contributed by atoms with van der Waals surface area (Å²) < 4.78 is 5.90. The van der Waals surface area contributed by atoms with Crippen molar-refractivity contribution >= 4 is 11.8 Å². The summed E-state index contributed by atoms with van der Waals surface area (Å²) in [6, 6.07) is 4.00. The molecular weight excluding hydrogens is 292 g/mol. The van der Waals surface area contributed by atoms with Gasteiger partial charge in [-0.15, -0.1) is 0 Å². The molecule has 1 saturated heterocycles. The molecule has 0 radical (unpaired) electrons. The number of likely N-dealkylation sites (tertiary alicyclic amines) is 1. The van der Waals surface area contributed by atoms with E-state index in [2.05, 4.69) is 12.2 Å². The maximum absolute atomic E-state index is 12.6. The molecule has 5 heteroatoms. The first kappa shape index (κ1) is 16.1. The highest BCUT2D eigenvalue weighted by Crippen LogP contribution is 2.32. The van der Waals surface area contributed by atoms with E-state index in [4.69, 9.17) is 4.42 Å². The van der Waals surface area contributed by atoms with Gasteiger partial charge >= 0.3 is 0 Å². The van der Waals surface area contributed by atoms with Gasteiger partial charge in [-0.3, -0.25) is 9.59 Å². The number of amides is 2. The minimum atomic E-state index is 0.000323. The first-order valence-corrected chi connectivity index (χ1v) is 8.85. The number of hydrogen-bond donors (Lipinski definition) is 1. The lowest BCUT2D eigenvalue weighted by Gasteiger charge is -2.29. The predicted octanol–water partition coefficient (Wildman–Crippen LogP) is 2.81. The van der Waals surface area contributed by atoms with Crippen LogP contribution in [0.5, 0.6) is 0 Å². The van der Waals surface area contributed by atoms with Crippen molar-refractivity contribution in [2.45, 2.75) is 57.9 Å². The number of rotatable bonds is 5. The molecule has 1 aromatic rings. The van der Waals surface area contributed by atoms with Gasteiger partial charge < -0.3 is 14.6 Å². The number of nitrogens with one attached hydrogen (secondary N) is 1. The monoisotopic (exact) mass is 318 g/mol. The normalized spacial score (nSPS) is 21.8. The average Bonchev–Trinajstić information content (AvgIpc) is 3.35. The van der Waals surface area contributed by atoms with Gasteiger partial charge in [-0.25, -0.2) is 0 Å². The smallest absolute Gasteiger partial charge is 0.242 e. The molecule has 0 bridgehead atoms. The van der Waals surface area contributed by atoms with Gasteiger partial charge in [-0.1, -0.05) is 19.8 Å². The summed E-state index contributed by atoms with van der Waals surface area (Å²) in [6.07, 6.45) is 6.95. The standard InChI is InChI=1S/C18H26N2O3/c1-2-14-9-10-16(23-14)15-6-4-3-5-11-20(15)17(21)12-19-18(22)13-7-8-13/h9-10,13,15H,2-8,11-12H2,1H3,(H,19,22)/t15-/m0/s1. The fraction of sp³-hybridized carbons (Fsp3) is 0.667. The molecule has 2 amide bonds. The summed E-state index contributed by atoms with van der Waals surface area (Å²) in [5.41, 5.74) is 0. The third-order valence-electron chi connectivity index (χ3n) is 4.79. The molecule has 5 nitrogen and oxygen atoms in total. The molecule has 1 saturated carbocycles. The van der Waals surface area contributed by atoms with Crippen molar-refractivity contribution in [1.82, 2.24) is 10.2 Å². The van der Waals surface area contributed by atoms with E-state index in [0.717, 1.165) is 63.0 Å². The fourth-order valence-corrected chi connectivity index (χ4v) is 3.22. The van der Waals surface area contributed by atoms with Gasteiger partial charge in [0, 0.05) is 18.9 Å². The molecule has 2 fully saturated rings. The largest absolute Gasteiger partial charge is 0.464 e. The molecule has 0 spiro atoms. The van der Waals surface area contributed by atoms with Gasteiger partial charge in [0.2, 0.25) is 11.8 Å². The highest BCUT2D eigenvalue weighted by molar-refractivity contribution is 5.87. The maximum atomic E-state index is 12.6. The lowest BCUT2D eigenvalue weighted by molar-refractivity contribution is -0.135. The highest BCUT2D eigenvalue weighted by Gasteiger charge is 2.32. The van der Waals surface area contributed by atoms with E-state index in [1.807, 2.05) is 17.0 Å². The Bertz CT molecular complexity index is 562. The quantitative estimate of drug-likeness (QED) is 0.908. The summed E-state index contributed by atoms with van der Waals surface area (Å²) in [4.78, 5) is 26.3. The molecule has 1 aliphatic heterocycles. The Morgan fingerprint density at radius 3 is 2.74 bits per heavy atom. The number of hydrogen-bond acceptors (Lipinski definition) is 3. The van der Waals surface area contributed by atoms with Gasteiger partial charge in [0.25, 0.3) is 0 Å². The van der Waals surface area contributed by atoms with Gasteiger partial charge in [-0.05, 0) is 37.8 Å². The SMILES string of the molecule is CCc1ccc([C@@H]2CCCCCN2C(=O)CNC(=O)C2CC2)o1. The third-order valence-corrected chi connectivity index (χ3v) is 4.79. The topological polar surface area (TPSA) is 62.6 Å². The molecule has 0 unspecified atom stereocenters. The van der Waals surface area contributed by atoms with Crippen LogP contribution in [-0.2, 0) is 16.0 Å². The van der Waals surface area contributed by atoms with Crippen molar-refractivity contribution in [3.05, 3.63) is 23.7 Å². The molecule has 0 aromatic carbocycles. The van der Waals surface area contributed by atoms with Crippen LogP contribution in [0.1, 0.15) is 63.0 Å². The van der Waals surface area contributed by atoms with Crippen molar-refractivity contribution in [2.75, 3.05) is 13.1 Å². The molecule has 2 heterocycles. The van der Waals surface area contributed by atoms with Gasteiger partial charge in [0.15, 0.2) is 0 Å². The second-order valence-electron chi connectivity index (χ2n) is 6.60. The van der Waals surface area contributed by atoms with Crippen LogP contribution in [0.2, 0.25) is 0 Å². The molecule has 23 heavy (non-hydrogen) atoms. The Labute approximate surface area is 137 Å². The Morgan fingerprint density at radius 2 is 2.04 bits per heavy atom. The first-order valence-electron chi connectivity index (χ1n) is 8.85. The zero-order valence-electron chi connectivity index (χ0n) is 13.8. The molecule has 126 valence electrons. The Morgan fingerprint density at radius 1 is 1.22 bits per heavy atom. The van der Waals surface area contributed by atoms with E-state index in [-0.39, 0.29) is 30.3 Å². The lowest BCUT2D eigenvalue weighted by Crippen LogP contribution is -2.42. The van der Waals surface area contributed by atoms with Gasteiger partial charge in [0.05, 0.1) is 12.6 Å². The summed E-state index contributed by atoms with van der Waals surface area (Å²) in [7, 11) is 0. The van der Waals surface area contributed by atoms with Crippen LogP contribution in [0.25, 0.3) is 0 Å². The summed E-state index contributed by atoms with van der Waals surface area (Å²) in [5.74, 6) is 2.00. The van der Waals surface area contributed by atoms with Crippen LogP contribution in [0.3, 0.4) is 0 Å². The van der Waals surface area contributed by atoms with Crippen molar-refractivity contribution in [1.29, 1.82) is 0 Å². The van der Waals surface area contributed by atoms with Gasteiger partial charge in [-0.2, -0.15) is 0 Å². The number of aryl methyl sites for hydroxylation is 1. The van der Waals surface area contributed by atoms with Crippen molar-refractivity contribution in [3.8, 4) is 0 Å². The summed E-state index contributed by atoms with van der Waals surface area (Å²) in [5, 5.41) is 2.79. The Balaban J connectivity index is 1.67. The van der Waals surface area contributed by atoms with Crippen LogP contribution in [0.15, 0.2) is 16.5 Å². The zero-order valence-corrected chi connectivity index (χ0v) is 13.8. The number of carbonyl (C=O) groups is 2. The van der Waals surface area contributed by atoms with E-state index < -0.39 is 0 Å². The lowest BCUT2D eigenvalue weighted by atomic mass is 10.1. The number of carbonyl (C=O) groups excluding carboxylic acids is 2. The minimum absolute atomic E-state index is 0.000323. The molecule has 1 N–H and O–H groups in total. The third kappa shape index (κ3) is 3.95. The summed E-state index contributed by atoms with van der Waals surface area (Å²) in [6.45, 7) is 2.91. The van der Waals surface area contributed by atoms with Crippen LogP contribution in [0, 0.1) is 5.92 Å². The number of nitrogens with zero attached hydrogens (tertiary/aromatic N) is 1. The Kier molecular flexibility index (Phi) is 5.03. The highest BCUT2D eigenvalue weighted by atomic mass is 16.3. The van der Waals surface area contributed by atoms with Gasteiger partial charge in [0.1, 0.15) is 11.5 Å². The van der Waals surface area contributed by atoms with Crippen LogP contribution in [0.4, 0.5) is 0 Å². The van der Waals surface area contributed by atoms with Crippen LogP contribution < -0.4 is 5.32 Å². The number of furan rings is 1. The molecule has 2 aliphatic rings. The van der Waals surface area contributed by atoms with E-state index in [0.29, 0.717) is 0 Å². The van der Waals surface area contributed by atoms with Crippen LogP contribution in [-0.4, -0.2) is 29.8 Å². The molecule has 3 rings (SSSR count). The van der Waals surface area contributed by atoms with Crippen molar-refractivity contribution in [3.63, 3.8) is 0 Å². The fourth-order valence-electron chi connectivity index (χ4n) is 3.22. The first-order chi connectivity index (χ1) is 11.2. The Hall–Kier alpha value is -1.78.